The van der Waals surface area contributed by atoms with Gasteiger partial charge in [0, 0.05) is 11.4 Å². The Kier molecular flexibility index (Phi) is 6.28. The molecule has 5 rings (SSSR count). The minimum absolute atomic E-state index is 0.275. The van der Waals surface area contributed by atoms with Gasteiger partial charge in [-0.05, 0) is 42.8 Å². The van der Waals surface area contributed by atoms with Crippen molar-refractivity contribution in [2.75, 3.05) is 17.7 Å². The molecule has 10 heteroatoms. The molecule has 0 aliphatic carbocycles. The third-order valence-corrected chi connectivity index (χ3v) is 6.45. The van der Waals surface area contributed by atoms with Crippen LogP contribution in [-0.2, 0) is 10.5 Å². The standard InChI is InChI=1S/C25H22FN5O3S/c1-15-21(23(32)28-18-10-5-6-11-19(18)33-2)22(20-12-7-13-34-20)31-24(27-15)29-25(30-31)35-14-16-8-3-4-9-17(16)26/h3-13,22H,14H2,1-2H3,(H,28,32)(H,27,29,30). The molecule has 3 heterocycles. The van der Waals surface area contributed by atoms with Crippen molar-refractivity contribution in [2.24, 2.45) is 0 Å². The van der Waals surface area contributed by atoms with Gasteiger partial charge in [-0.3, -0.25) is 4.79 Å². The summed E-state index contributed by atoms with van der Waals surface area (Å²) in [7, 11) is 1.55. The number of benzene rings is 2. The molecule has 1 amide bonds. The summed E-state index contributed by atoms with van der Waals surface area (Å²) in [6, 6.07) is 16.7. The second kappa shape index (κ2) is 9.67. The molecule has 2 N–H and O–H groups in total. The van der Waals surface area contributed by atoms with Crippen molar-refractivity contribution in [3.8, 4) is 5.75 Å². The van der Waals surface area contributed by atoms with Gasteiger partial charge in [0.15, 0.2) is 0 Å². The number of anilines is 2. The van der Waals surface area contributed by atoms with Crippen LogP contribution in [0.1, 0.15) is 24.3 Å². The number of allylic oxidation sites excluding steroid dienone is 1. The molecule has 0 radical (unpaired) electrons. The highest BCUT2D eigenvalue weighted by Gasteiger charge is 2.36. The number of rotatable bonds is 7. The first-order valence-electron chi connectivity index (χ1n) is 10.8. The van der Waals surface area contributed by atoms with Crippen molar-refractivity contribution in [2.45, 2.75) is 23.9 Å². The van der Waals surface area contributed by atoms with Crippen LogP contribution >= 0.6 is 11.8 Å². The Labute approximate surface area is 205 Å². The number of nitrogens with one attached hydrogen (secondary N) is 2. The first-order chi connectivity index (χ1) is 17.0. The molecule has 2 aromatic heterocycles. The van der Waals surface area contributed by atoms with Crippen molar-refractivity contribution >= 4 is 29.3 Å². The molecule has 4 aromatic rings. The van der Waals surface area contributed by atoms with E-state index in [2.05, 4.69) is 20.7 Å². The normalized spacial score (nSPS) is 14.9. The molecular weight excluding hydrogens is 469 g/mol. The maximum absolute atomic E-state index is 14.0. The van der Waals surface area contributed by atoms with Gasteiger partial charge < -0.3 is 19.8 Å². The number of carbonyl (C=O) groups excluding carboxylic acids is 1. The van der Waals surface area contributed by atoms with Crippen LogP contribution in [0.3, 0.4) is 0 Å². The number of halogens is 1. The molecule has 0 spiro atoms. The first-order valence-corrected chi connectivity index (χ1v) is 11.8. The summed E-state index contributed by atoms with van der Waals surface area (Å²) in [5, 5.41) is 11.2. The van der Waals surface area contributed by atoms with Gasteiger partial charge in [-0.2, -0.15) is 4.98 Å². The molecule has 1 aliphatic heterocycles. The lowest BCUT2D eigenvalue weighted by Gasteiger charge is -2.27. The quantitative estimate of drug-likeness (QED) is 0.342. The summed E-state index contributed by atoms with van der Waals surface area (Å²) < 4.78 is 26.7. The van der Waals surface area contributed by atoms with Crippen molar-refractivity contribution < 1.29 is 18.3 Å². The van der Waals surface area contributed by atoms with Crippen LogP contribution in [0.2, 0.25) is 0 Å². The maximum Gasteiger partial charge on any atom is 0.256 e. The van der Waals surface area contributed by atoms with Crippen LogP contribution in [0.5, 0.6) is 5.75 Å². The van der Waals surface area contributed by atoms with Gasteiger partial charge in [-0.25, -0.2) is 9.07 Å². The van der Waals surface area contributed by atoms with Crippen LogP contribution in [-0.4, -0.2) is 27.8 Å². The van der Waals surface area contributed by atoms with Crippen molar-refractivity contribution in [3.05, 3.63) is 95.3 Å². The van der Waals surface area contributed by atoms with E-state index in [4.69, 9.17) is 9.15 Å². The number of aromatic nitrogens is 3. The molecule has 0 bridgehead atoms. The molecule has 1 atom stereocenters. The highest BCUT2D eigenvalue weighted by molar-refractivity contribution is 7.98. The Balaban J connectivity index is 1.46. The molecule has 0 fully saturated rings. The van der Waals surface area contributed by atoms with Gasteiger partial charge in [0.1, 0.15) is 23.4 Å². The lowest BCUT2D eigenvalue weighted by atomic mass is 10.00. The topological polar surface area (TPSA) is 94.2 Å². The summed E-state index contributed by atoms with van der Waals surface area (Å²) >= 11 is 1.31. The zero-order chi connectivity index (χ0) is 24.4. The number of furan rings is 1. The van der Waals surface area contributed by atoms with E-state index in [9.17, 15) is 9.18 Å². The van der Waals surface area contributed by atoms with Crippen molar-refractivity contribution in [1.82, 2.24) is 14.8 Å². The number of carbonyl (C=O) groups is 1. The van der Waals surface area contributed by atoms with E-state index < -0.39 is 6.04 Å². The fourth-order valence-corrected chi connectivity index (χ4v) is 4.71. The van der Waals surface area contributed by atoms with Gasteiger partial charge >= 0.3 is 0 Å². The second-order valence-corrected chi connectivity index (χ2v) is 8.72. The Bertz CT molecular complexity index is 1400. The van der Waals surface area contributed by atoms with Crippen LogP contribution in [0.15, 0.2) is 87.8 Å². The first kappa shape index (κ1) is 22.7. The van der Waals surface area contributed by atoms with E-state index in [1.165, 1.54) is 17.8 Å². The SMILES string of the molecule is COc1ccccc1NC(=O)C1=C(C)Nc2nc(SCc3ccccc3F)nn2C1c1ccco1. The largest absolute Gasteiger partial charge is 0.495 e. The predicted molar refractivity (Wildman–Crippen MR) is 131 cm³/mol. The number of hydrogen-bond acceptors (Lipinski definition) is 7. The molecule has 35 heavy (non-hydrogen) atoms. The molecule has 1 unspecified atom stereocenters. The number of para-hydroxylation sites is 2. The van der Waals surface area contributed by atoms with E-state index >= 15 is 0 Å². The van der Waals surface area contributed by atoms with E-state index in [0.717, 1.165) is 0 Å². The van der Waals surface area contributed by atoms with Gasteiger partial charge in [-0.1, -0.05) is 42.1 Å². The zero-order valence-corrected chi connectivity index (χ0v) is 19.8. The number of methoxy groups -OCH3 is 1. The fraction of sp³-hybridized carbons (Fsp3) is 0.160. The number of fused-ring (bicyclic) bond motifs is 1. The van der Waals surface area contributed by atoms with Crippen molar-refractivity contribution in [3.63, 3.8) is 0 Å². The Morgan fingerprint density at radius 3 is 2.77 bits per heavy atom. The van der Waals surface area contributed by atoms with E-state index in [0.29, 0.717) is 50.9 Å². The number of nitrogens with zero attached hydrogens (tertiary/aromatic N) is 3. The highest BCUT2D eigenvalue weighted by Crippen LogP contribution is 2.37. The number of amides is 1. The van der Waals surface area contributed by atoms with Crippen LogP contribution < -0.4 is 15.4 Å². The highest BCUT2D eigenvalue weighted by atomic mass is 32.2. The average molecular weight is 492 g/mol. The van der Waals surface area contributed by atoms with E-state index in [1.807, 2.05) is 12.1 Å². The predicted octanol–water partition coefficient (Wildman–Crippen LogP) is 5.24. The number of thioether (sulfide) groups is 1. The summed E-state index contributed by atoms with van der Waals surface area (Å²) in [5.74, 6) is 1.31. The molecular formula is C25H22FN5O3S. The second-order valence-electron chi connectivity index (χ2n) is 7.78. The minimum atomic E-state index is -0.647. The molecule has 2 aromatic carbocycles. The Morgan fingerprint density at radius 2 is 2.00 bits per heavy atom. The fourth-order valence-electron chi connectivity index (χ4n) is 3.89. The third-order valence-electron chi connectivity index (χ3n) is 5.56. The molecule has 1 aliphatic rings. The summed E-state index contributed by atoms with van der Waals surface area (Å²) in [6.07, 6.45) is 1.55. The number of ether oxygens (including phenoxy) is 1. The van der Waals surface area contributed by atoms with Gasteiger partial charge in [-0.15, -0.1) is 5.10 Å². The molecule has 0 saturated heterocycles. The Morgan fingerprint density at radius 1 is 1.20 bits per heavy atom. The average Bonchev–Trinajstić information content (AvgIpc) is 3.53. The minimum Gasteiger partial charge on any atom is -0.495 e. The van der Waals surface area contributed by atoms with E-state index in [-0.39, 0.29) is 11.7 Å². The zero-order valence-electron chi connectivity index (χ0n) is 19.0. The smallest absolute Gasteiger partial charge is 0.256 e. The van der Waals surface area contributed by atoms with E-state index in [1.54, 1.807) is 67.4 Å². The molecule has 8 nitrogen and oxygen atoms in total. The summed E-state index contributed by atoms with van der Waals surface area (Å²) in [4.78, 5) is 18.1. The van der Waals surface area contributed by atoms with Crippen LogP contribution in [0.4, 0.5) is 16.0 Å². The number of hydrogen-bond donors (Lipinski definition) is 2. The third kappa shape index (κ3) is 4.52. The van der Waals surface area contributed by atoms with Gasteiger partial charge in [0.05, 0.1) is 24.6 Å². The lowest BCUT2D eigenvalue weighted by Crippen LogP contribution is -2.31. The summed E-state index contributed by atoms with van der Waals surface area (Å²) in [5.41, 5.74) is 2.15. The molecule has 178 valence electrons. The summed E-state index contributed by atoms with van der Waals surface area (Å²) in [6.45, 7) is 1.80. The van der Waals surface area contributed by atoms with Gasteiger partial charge in [0.25, 0.3) is 5.91 Å². The molecule has 0 saturated carbocycles. The Hall–Kier alpha value is -4.05. The van der Waals surface area contributed by atoms with Crippen LogP contribution in [0, 0.1) is 5.82 Å². The lowest BCUT2D eigenvalue weighted by molar-refractivity contribution is -0.113. The van der Waals surface area contributed by atoms with Gasteiger partial charge in [0.2, 0.25) is 11.1 Å². The monoisotopic (exact) mass is 491 g/mol. The van der Waals surface area contributed by atoms with Crippen LogP contribution in [0.25, 0.3) is 0 Å². The van der Waals surface area contributed by atoms with Crippen molar-refractivity contribution in [1.29, 1.82) is 0 Å². The maximum atomic E-state index is 14.0.